The molecule has 1 atom stereocenters. The lowest BCUT2D eigenvalue weighted by Crippen LogP contribution is -2.16. The molecule has 0 fully saturated rings. The van der Waals surface area contributed by atoms with Crippen LogP contribution in [0.1, 0.15) is 32.4 Å². The molecular formula is C11H20N2. The minimum Gasteiger partial charge on any atom is -0.351 e. The summed E-state index contributed by atoms with van der Waals surface area (Å²) in [5, 5.41) is 0. The van der Waals surface area contributed by atoms with Crippen LogP contribution in [0.25, 0.3) is 0 Å². The van der Waals surface area contributed by atoms with Crippen LogP contribution >= 0.6 is 0 Å². The molecule has 0 radical (unpaired) electrons. The van der Waals surface area contributed by atoms with Gasteiger partial charge in [0.25, 0.3) is 0 Å². The summed E-state index contributed by atoms with van der Waals surface area (Å²) in [5.74, 6) is 0. The zero-order valence-corrected chi connectivity index (χ0v) is 8.66. The van der Waals surface area contributed by atoms with Crippen molar-refractivity contribution in [1.82, 2.24) is 4.57 Å². The average Bonchev–Trinajstić information content (AvgIpc) is 2.49. The zero-order valence-electron chi connectivity index (χ0n) is 8.66. The Morgan fingerprint density at radius 1 is 1.54 bits per heavy atom. The van der Waals surface area contributed by atoms with Crippen molar-refractivity contribution >= 4 is 0 Å². The molecule has 74 valence electrons. The van der Waals surface area contributed by atoms with E-state index in [1.165, 1.54) is 12.1 Å². The van der Waals surface area contributed by atoms with Gasteiger partial charge < -0.3 is 10.3 Å². The largest absolute Gasteiger partial charge is 0.351 e. The third-order valence-electron chi connectivity index (χ3n) is 2.24. The molecule has 0 aliphatic carbocycles. The van der Waals surface area contributed by atoms with Gasteiger partial charge in [0.1, 0.15) is 0 Å². The number of aryl methyl sites for hydroxylation is 2. The summed E-state index contributed by atoms with van der Waals surface area (Å²) in [6, 6.07) is 4.62. The fourth-order valence-electron chi connectivity index (χ4n) is 1.51. The smallest absolute Gasteiger partial charge is 0.0219 e. The maximum Gasteiger partial charge on any atom is 0.0219 e. The van der Waals surface area contributed by atoms with Crippen LogP contribution in [0.4, 0.5) is 0 Å². The number of aromatic nitrogens is 1. The number of hydrogen-bond donors (Lipinski definition) is 1. The van der Waals surface area contributed by atoms with Crippen molar-refractivity contribution in [3.63, 3.8) is 0 Å². The Kier molecular flexibility index (Phi) is 4.03. The maximum atomic E-state index is 5.72. The van der Waals surface area contributed by atoms with Crippen molar-refractivity contribution in [3.8, 4) is 0 Å². The van der Waals surface area contributed by atoms with Crippen molar-refractivity contribution in [2.24, 2.45) is 5.73 Å². The lowest BCUT2D eigenvalue weighted by Gasteiger charge is -2.09. The molecule has 1 unspecified atom stereocenters. The molecule has 0 saturated heterocycles. The van der Waals surface area contributed by atoms with Crippen molar-refractivity contribution in [2.75, 3.05) is 0 Å². The molecule has 1 rings (SSSR count). The highest BCUT2D eigenvalue weighted by atomic mass is 15.0. The van der Waals surface area contributed by atoms with Crippen LogP contribution in [-0.2, 0) is 13.0 Å². The molecule has 0 saturated carbocycles. The second-order valence-electron chi connectivity index (χ2n) is 3.71. The van der Waals surface area contributed by atoms with Gasteiger partial charge in [-0.1, -0.05) is 6.92 Å². The van der Waals surface area contributed by atoms with E-state index in [9.17, 15) is 0 Å². The van der Waals surface area contributed by atoms with Crippen LogP contribution in [0.3, 0.4) is 0 Å². The Morgan fingerprint density at radius 3 is 2.92 bits per heavy atom. The average molecular weight is 180 g/mol. The topological polar surface area (TPSA) is 30.9 Å². The molecule has 0 bridgehead atoms. The van der Waals surface area contributed by atoms with Crippen LogP contribution in [-0.4, -0.2) is 10.6 Å². The van der Waals surface area contributed by atoms with Crippen LogP contribution in [0.5, 0.6) is 0 Å². The van der Waals surface area contributed by atoms with Crippen molar-refractivity contribution in [3.05, 3.63) is 24.0 Å². The Labute approximate surface area is 80.7 Å². The fourth-order valence-corrected chi connectivity index (χ4v) is 1.51. The lowest BCUT2D eigenvalue weighted by atomic mass is 10.1. The number of nitrogens with zero attached hydrogens (tertiary/aromatic N) is 1. The normalized spacial score (nSPS) is 13.2. The van der Waals surface area contributed by atoms with Gasteiger partial charge >= 0.3 is 0 Å². The first-order valence-corrected chi connectivity index (χ1v) is 5.13. The molecule has 2 nitrogen and oxygen atoms in total. The minimum atomic E-state index is 0.310. The summed E-state index contributed by atoms with van der Waals surface area (Å²) >= 11 is 0. The van der Waals surface area contributed by atoms with E-state index in [-0.39, 0.29) is 0 Å². The first kappa shape index (κ1) is 10.3. The van der Waals surface area contributed by atoms with E-state index in [1.54, 1.807) is 0 Å². The number of hydrogen-bond acceptors (Lipinski definition) is 1. The second kappa shape index (κ2) is 5.07. The maximum absolute atomic E-state index is 5.72. The molecule has 13 heavy (non-hydrogen) atoms. The Balaban J connectivity index is 2.49. The molecule has 0 aliphatic rings. The molecule has 0 spiro atoms. The standard InChI is InChI=1S/C11H20N2/c1-3-8-13-9-4-5-11(13)7-6-10(2)12/h4-5,9-10H,3,6-8,12H2,1-2H3. The summed E-state index contributed by atoms with van der Waals surface area (Å²) in [6.45, 7) is 5.39. The summed E-state index contributed by atoms with van der Waals surface area (Å²) < 4.78 is 2.32. The highest BCUT2D eigenvalue weighted by molar-refractivity contribution is 5.07. The summed E-state index contributed by atoms with van der Waals surface area (Å²) in [7, 11) is 0. The Hall–Kier alpha value is -0.760. The molecule has 0 aliphatic heterocycles. The van der Waals surface area contributed by atoms with E-state index in [4.69, 9.17) is 5.73 Å². The van der Waals surface area contributed by atoms with E-state index in [1.807, 2.05) is 0 Å². The predicted octanol–water partition coefficient (Wildman–Crippen LogP) is 2.18. The monoisotopic (exact) mass is 180 g/mol. The van der Waals surface area contributed by atoms with Gasteiger partial charge in [-0.15, -0.1) is 0 Å². The van der Waals surface area contributed by atoms with Gasteiger partial charge in [0.05, 0.1) is 0 Å². The first-order chi connectivity index (χ1) is 6.24. The number of rotatable bonds is 5. The zero-order chi connectivity index (χ0) is 9.68. The minimum absolute atomic E-state index is 0.310. The molecule has 2 N–H and O–H groups in total. The highest BCUT2D eigenvalue weighted by Gasteiger charge is 2.01. The molecule has 1 heterocycles. The van der Waals surface area contributed by atoms with Gasteiger partial charge in [-0.25, -0.2) is 0 Å². The van der Waals surface area contributed by atoms with Gasteiger partial charge in [0.2, 0.25) is 0 Å². The van der Waals surface area contributed by atoms with Gasteiger partial charge in [0, 0.05) is 24.5 Å². The van der Waals surface area contributed by atoms with Crippen LogP contribution in [0, 0.1) is 0 Å². The van der Waals surface area contributed by atoms with E-state index >= 15 is 0 Å². The number of nitrogens with two attached hydrogens (primary N) is 1. The second-order valence-corrected chi connectivity index (χ2v) is 3.71. The van der Waals surface area contributed by atoms with Crippen LogP contribution in [0.2, 0.25) is 0 Å². The van der Waals surface area contributed by atoms with Gasteiger partial charge in [-0.2, -0.15) is 0 Å². The van der Waals surface area contributed by atoms with E-state index in [2.05, 4.69) is 36.7 Å². The molecule has 0 amide bonds. The predicted molar refractivity (Wildman–Crippen MR) is 56.7 cm³/mol. The quantitative estimate of drug-likeness (QED) is 0.739. The Bertz CT molecular complexity index is 238. The fraction of sp³-hybridized carbons (Fsp3) is 0.636. The van der Waals surface area contributed by atoms with E-state index in [0.29, 0.717) is 6.04 Å². The third kappa shape index (κ3) is 3.23. The third-order valence-corrected chi connectivity index (χ3v) is 2.24. The molecule has 0 aromatic carbocycles. The van der Waals surface area contributed by atoms with Crippen LogP contribution < -0.4 is 5.73 Å². The van der Waals surface area contributed by atoms with E-state index < -0.39 is 0 Å². The Morgan fingerprint density at radius 2 is 2.31 bits per heavy atom. The SMILES string of the molecule is CCCn1cccc1CCC(C)N. The van der Waals surface area contributed by atoms with Gasteiger partial charge in [0.15, 0.2) is 0 Å². The molecular weight excluding hydrogens is 160 g/mol. The summed E-state index contributed by atoms with van der Waals surface area (Å²) in [5.41, 5.74) is 7.14. The summed E-state index contributed by atoms with van der Waals surface area (Å²) in [6.07, 6.45) is 5.53. The molecule has 1 aromatic rings. The van der Waals surface area contributed by atoms with E-state index in [0.717, 1.165) is 19.4 Å². The van der Waals surface area contributed by atoms with Gasteiger partial charge in [-0.05, 0) is 38.3 Å². The van der Waals surface area contributed by atoms with Crippen molar-refractivity contribution in [2.45, 2.75) is 45.7 Å². The van der Waals surface area contributed by atoms with Crippen molar-refractivity contribution in [1.29, 1.82) is 0 Å². The highest BCUT2D eigenvalue weighted by Crippen LogP contribution is 2.07. The molecule has 2 heteroatoms. The van der Waals surface area contributed by atoms with Crippen molar-refractivity contribution < 1.29 is 0 Å². The lowest BCUT2D eigenvalue weighted by molar-refractivity contribution is 0.604. The molecule has 1 aromatic heterocycles. The van der Waals surface area contributed by atoms with Gasteiger partial charge in [-0.3, -0.25) is 0 Å². The van der Waals surface area contributed by atoms with Crippen LogP contribution in [0.15, 0.2) is 18.3 Å². The first-order valence-electron chi connectivity index (χ1n) is 5.13. The summed E-state index contributed by atoms with van der Waals surface area (Å²) in [4.78, 5) is 0.